The molecule has 82 valence electrons. The van der Waals surface area contributed by atoms with Crippen LogP contribution >= 0.6 is 11.6 Å². The molecule has 1 atom stereocenters. The van der Waals surface area contributed by atoms with Gasteiger partial charge in [0, 0.05) is 0 Å². The quantitative estimate of drug-likeness (QED) is 0.842. The van der Waals surface area contributed by atoms with Crippen molar-refractivity contribution in [3.63, 3.8) is 0 Å². The number of carboxylic acid groups (broad SMARTS) is 1. The summed E-state index contributed by atoms with van der Waals surface area (Å²) in [6, 6.07) is 2.57. The van der Waals surface area contributed by atoms with Gasteiger partial charge < -0.3 is 10.2 Å². The summed E-state index contributed by atoms with van der Waals surface area (Å²) in [5, 5.41) is 17.4. The fourth-order valence-electron chi connectivity index (χ4n) is 1.15. The van der Waals surface area contributed by atoms with E-state index in [1.54, 1.807) is 0 Å². The van der Waals surface area contributed by atoms with Crippen LogP contribution < -0.4 is 0 Å². The highest BCUT2D eigenvalue weighted by atomic mass is 35.5. The van der Waals surface area contributed by atoms with Gasteiger partial charge >= 0.3 is 5.97 Å². The standard InChI is InChI=1S/C10H10ClFO3/c1-5(10(14)15)4-6-2-3-7(13)8(11)9(6)12/h2-3,5,13H,4H2,1H3,(H,14,15). The lowest BCUT2D eigenvalue weighted by atomic mass is 10.0. The summed E-state index contributed by atoms with van der Waals surface area (Å²) >= 11 is 5.47. The molecule has 0 saturated carbocycles. The first-order valence-corrected chi connectivity index (χ1v) is 4.70. The van der Waals surface area contributed by atoms with Gasteiger partial charge in [-0.15, -0.1) is 0 Å². The minimum atomic E-state index is -1.00. The highest BCUT2D eigenvalue weighted by Crippen LogP contribution is 2.29. The minimum Gasteiger partial charge on any atom is -0.506 e. The van der Waals surface area contributed by atoms with Gasteiger partial charge in [0.25, 0.3) is 0 Å². The van der Waals surface area contributed by atoms with Crippen LogP contribution in [0.3, 0.4) is 0 Å². The average molecular weight is 233 g/mol. The number of halogens is 2. The number of aliphatic carboxylic acids is 1. The fraction of sp³-hybridized carbons (Fsp3) is 0.300. The molecule has 5 heteroatoms. The van der Waals surface area contributed by atoms with Crippen LogP contribution in [0.4, 0.5) is 4.39 Å². The Kier molecular flexibility index (Phi) is 3.52. The molecule has 0 aromatic heterocycles. The topological polar surface area (TPSA) is 57.5 Å². The van der Waals surface area contributed by atoms with Crippen molar-refractivity contribution in [2.75, 3.05) is 0 Å². The van der Waals surface area contributed by atoms with Gasteiger partial charge in [-0.1, -0.05) is 24.6 Å². The van der Waals surface area contributed by atoms with Crippen LogP contribution in [0.15, 0.2) is 12.1 Å². The minimum absolute atomic E-state index is 0.0428. The van der Waals surface area contributed by atoms with Gasteiger partial charge in [-0.2, -0.15) is 0 Å². The molecule has 1 aromatic rings. The van der Waals surface area contributed by atoms with E-state index in [2.05, 4.69) is 0 Å². The average Bonchev–Trinajstić information content (AvgIpc) is 2.18. The summed E-state index contributed by atoms with van der Waals surface area (Å²) in [6.45, 7) is 1.47. The number of carbonyl (C=O) groups is 1. The van der Waals surface area contributed by atoms with Crippen molar-refractivity contribution >= 4 is 17.6 Å². The molecule has 1 aromatic carbocycles. The third-order valence-electron chi connectivity index (χ3n) is 2.09. The van der Waals surface area contributed by atoms with Crippen LogP contribution in [0.1, 0.15) is 12.5 Å². The summed E-state index contributed by atoms with van der Waals surface area (Å²) in [5.41, 5.74) is 0.188. The maximum Gasteiger partial charge on any atom is 0.306 e. The molecular weight excluding hydrogens is 223 g/mol. The normalized spacial score (nSPS) is 12.5. The van der Waals surface area contributed by atoms with Gasteiger partial charge in [-0.25, -0.2) is 4.39 Å². The van der Waals surface area contributed by atoms with E-state index in [-0.39, 0.29) is 22.8 Å². The highest BCUT2D eigenvalue weighted by molar-refractivity contribution is 6.32. The van der Waals surface area contributed by atoms with E-state index >= 15 is 0 Å². The molecule has 0 aliphatic rings. The van der Waals surface area contributed by atoms with Crippen LogP contribution in [-0.4, -0.2) is 16.2 Å². The molecular formula is C10H10ClFO3. The summed E-state index contributed by atoms with van der Waals surface area (Å²) < 4.78 is 13.4. The molecule has 0 saturated heterocycles. The van der Waals surface area contributed by atoms with Gasteiger partial charge in [0.15, 0.2) is 0 Å². The molecule has 1 rings (SSSR count). The number of hydrogen-bond donors (Lipinski definition) is 2. The SMILES string of the molecule is CC(Cc1ccc(O)c(Cl)c1F)C(=O)O. The van der Waals surface area contributed by atoms with Gasteiger partial charge in [0.2, 0.25) is 0 Å². The second-order valence-electron chi connectivity index (χ2n) is 3.32. The molecule has 0 fully saturated rings. The molecule has 2 N–H and O–H groups in total. The predicted molar refractivity (Wildman–Crippen MR) is 53.6 cm³/mol. The fourth-order valence-corrected chi connectivity index (χ4v) is 1.34. The molecule has 0 amide bonds. The first-order chi connectivity index (χ1) is 6.93. The largest absolute Gasteiger partial charge is 0.506 e. The maximum absolute atomic E-state index is 13.4. The molecule has 0 aliphatic heterocycles. The van der Waals surface area contributed by atoms with E-state index in [0.717, 1.165) is 0 Å². The lowest BCUT2D eigenvalue weighted by Crippen LogP contribution is -2.13. The van der Waals surface area contributed by atoms with E-state index < -0.39 is 17.7 Å². The maximum atomic E-state index is 13.4. The molecule has 0 bridgehead atoms. The van der Waals surface area contributed by atoms with Crippen LogP contribution in [-0.2, 0) is 11.2 Å². The zero-order valence-electron chi connectivity index (χ0n) is 8.00. The Bertz CT molecular complexity index is 392. The lowest BCUT2D eigenvalue weighted by molar-refractivity contribution is -0.141. The number of aromatic hydroxyl groups is 1. The van der Waals surface area contributed by atoms with Crippen LogP contribution in [0.5, 0.6) is 5.75 Å². The van der Waals surface area contributed by atoms with Crippen LogP contribution in [0.25, 0.3) is 0 Å². The first-order valence-electron chi connectivity index (χ1n) is 4.32. The first kappa shape index (κ1) is 11.8. The summed E-state index contributed by atoms with van der Waals surface area (Å²) in [7, 11) is 0. The van der Waals surface area contributed by atoms with E-state index in [1.165, 1.54) is 19.1 Å². The molecule has 0 heterocycles. The van der Waals surface area contributed by atoms with Gasteiger partial charge in [-0.3, -0.25) is 4.79 Å². The molecule has 15 heavy (non-hydrogen) atoms. The smallest absolute Gasteiger partial charge is 0.306 e. The molecule has 0 aliphatic carbocycles. The highest BCUT2D eigenvalue weighted by Gasteiger charge is 2.17. The number of benzene rings is 1. The third kappa shape index (κ3) is 2.59. The van der Waals surface area contributed by atoms with E-state index in [0.29, 0.717) is 0 Å². The molecule has 0 radical (unpaired) electrons. The van der Waals surface area contributed by atoms with Crippen molar-refractivity contribution in [2.45, 2.75) is 13.3 Å². The van der Waals surface area contributed by atoms with Gasteiger partial charge in [0.05, 0.1) is 5.92 Å². The zero-order valence-corrected chi connectivity index (χ0v) is 8.75. The Morgan fingerprint density at radius 3 is 2.73 bits per heavy atom. The van der Waals surface area contributed by atoms with Crippen molar-refractivity contribution in [1.82, 2.24) is 0 Å². The van der Waals surface area contributed by atoms with E-state index in [9.17, 15) is 9.18 Å². The second kappa shape index (κ2) is 4.49. The number of phenols is 1. The van der Waals surface area contributed by atoms with Crippen molar-refractivity contribution in [3.8, 4) is 5.75 Å². The number of phenolic OH excluding ortho intramolecular Hbond substituents is 1. The third-order valence-corrected chi connectivity index (χ3v) is 2.45. The summed E-state index contributed by atoms with van der Waals surface area (Å²) in [4.78, 5) is 10.6. The van der Waals surface area contributed by atoms with Crippen molar-refractivity contribution in [2.24, 2.45) is 5.92 Å². The lowest BCUT2D eigenvalue weighted by Gasteiger charge is -2.08. The monoisotopic (exact) mass is 232 g/mol. The van der Waals surface area contributed by atoms with Crippen molar-refractivity contribution in [1.29, 1.82) is 0 Å². The summed E-state index contributed by atoms with van der Waals surface area (Å²) in [6.07, 6.45) is 0.0428. The Labute approximate surface area is 91.1 Å². The molecule has 3 nitrogen and oxygen atoms in total. The number of hydrogen-bond acceptors (Lipinski definition) is 2. The Morgan fingerprint density at radius 2 is 2.20 bits per heavy atom. The predicted octanol–water partition coefficient (Wildman–Crippen LogP) is 2.45. The van der Waals surface area contributed by atoms with E-state index in [4.69, 9.17) is 21.8 Å². The Morgan fingerprint density at radius 1 is 1.60 bits per heavy atom. The van der Waals surface area contributed by atoms with Crippen molar-refractivity contribution < 1.29 is 19.4 Å². The number of carboxylic acids is 1. The van der Waals surface area contributed by atoms with Gasteiger partial charge in [0.1, 0.15) is 16.6 Å². The Balaban J connectivity index is 2.97. The van der Waals surface area contributed by atoms with Crippen LogP contribution in [0, 0.1) is 11.7 Å². The second-order valence-corrected chi connectivity index (χ2v) is 3.69. The molecule has 1 unspecified atom stereocenters. The van der Waals surface area contributed by atoms with E-state index in [1.807, 2.05) is 0 Å². The zero-order chi connectivity index (χ0) is 11.6. The summed E-state index contributed by atoms with van der Waals surface area (Å²) in [5.74, 6) is -2.80. The van der Waals surface area contributed by atoms with Crippen LogP contribution in [0.2, 0.25) is 5.02 Å². The number of rotatable bonds is 3. The molecule has 0 spiro atoms. The van der Waals surface area contributed by atoms with Crippen molar-refractivity contribution in [3.05, 3.63) is 28.5 Å². The van der Waals surface area contributed by atoms with Gasteiger partial charge in [-0.05, 0) is 18.1 Å². The Hall–Kier alpha value is -1.29.